The van der Waals surface area contributed by atoms with Crippen molar-refractivity contribution in [3.05, 3.63) is 34.4 Å². The van der Waals surface area contributed by atoms with Crippen LogP contribution in [0.4, 0.5) is 5.69 Å². The molecule has 0 aliphatic heterocycles. The molecule has 0 bridgehead atoms. The lowest BCUT2D eigenvalue weighted by molar-refractivity contribution is -0.384. The van der Waals surface area contributed by atoms with Gasteiger partial charge in [0.15, 0.2) is 5.96 Å². The SMILES string of the molecule is NC(N)=NCC1CCC(C(=O)Oc2ccc([N+](=O)[O-])cc2)CC1. The molecule has 0 radical (unpaired) electrons. The molecule has 0 aromatic heterocycles. The van der Waals surface area contributed by atoms with Crippen LogP contribution in [0.1, 0.15) is 25.7 Å². The Morgan fingerprint density at radius 3 is 2.35 bits per heavy atom. The molecule has 0 saturated heterocycles. The van der Waals surface area contributed by atoms with Crippen molar-refractivity contribution in [1.82, 2.24) is 0 Å². The van der Waals surface area contributed by atoms with Gasteiger partial charge in [-0.2, -0.15) is 0 Å². The minimum Gasteiger partial charge on any atom is -0.426 e. The number of hydrogen-bond donors (Lipinski definition) is 2. The molecular formula is C15H20N4O4. The lowest BCUT2D eigenvalue weighted by Gasteiger charge is -2.26. The van der Waals surface area contributed by atoms with E-state index in [1.54, 1.807) is 0 Å². The summed E-state index contributed by atoms with van der Waals surface area (Å²) in [6.07, 6.45) is 3.21. The number of carbonyl (C=O) groups is 1. The molecule has 1 aromatic carbocycles. The molecule has 1 aliphatic carbocycles. The number of benzene rings is 1. The molecular weight excluding hydrogens is 300 g/mol. The average Bonchev–Trinajstić information content (AvgIpc) is 2.54. The number of non-ortho nitro benzene ring substituents is 1. The molecule has 1 aliphatic rings. The van der Waals surface area contributed by atoms with Crippen LogP contribution in [0.2, 0.25) is 0 Å². The summed E-state index contributed by atoms with van der Waals surface area (Å²) >= 11 is 0. The summed E-state index contributed by atoms with van der Waals surface area (Å²) in [4.78, 5) is 26.2. The lowest BCUT2D eigenvalue weighted by atomic mass is 9.82. The minimum absolute atomic E-state index is 0.0370. The predicted octanol–water partition coefficient (Wildman–Crippen LogP) is 1.58. The van der Waals surface area contributed by atoms with Gasteiger partial charge in [-0.1, -0.05) is 0 Å². The van der Waals surface area contributed by atoms with Gasteiger partial charge in [0.05, 0.1) is 10.8 Å². The predicted molar refractivity (Wildman–Crippen MR) is 84.9 cm³/mol. The van der Waals surface area contributed by atoms with Crippen LogP contribution in [0.15, 0.2) is 29.3 Å². The van der Waals surface area contributed by atoms with Gasteiger partial charge in [0.1, 0.15) is 5.75 Å². The normalized spacial score (nSPS) is 20.5. The highest BCUT2D eigenvalue weighted by Crippen LogP contribution is 2.30. The summed E-state index contributed by atoms with van der Waals surface area (Å²) in [6, 6.07) is 5.49. The quantitative estimate of drug-likeness (QED) is 0.211. The lowest BCUT2D eigenvalue weighted by Crippen LogP contribution is -2.28. The van der Waals surface area contributed by atoms with Gasteiger partial charge in [0, 0.05) is 18.7 Å². The molecule has 0 amide bonds. The topological polar surface area (TPSA) is 134 Å². The number of guanidine groups is 1. The van der Waals surface area contributed by atoms with Gasteiger partial charge in [-0.25, -0.2) is 0 Å². The Hall–Kier alpha value is -2.64. The number of rotatable bonds is 5. The fourth-order valence-corrected chi connectivity index (χ4v) is 2.65. The first-order valence-corrected chi connectivity index (χ1v) is 7.47. The Kier molecular flexibility index (Phi) is 5.51. The van der Waals surface area contributed by atoms with Gasteiger partial charge in [0.2, 0.25) is 0 Å². The van der Waals surface area contributed by atoms with Crippen LogP contribution in [-0.2, 0) is 4.79 Å². The standard InChI is InChI=1S/C15H20N4O4/c16-15(17)18-9-10-1-3-11(4-2-10)14(20)23-13-7-5-12(6-8-13)19(21)22/h5-8,10-11H,1-4,9H2,(H4,16,17,18). The molecule has 124 valence electrons. The maximum atomic E-state index is 12.1. The van der Waals surface area contributed by atoms with Crippen LogP contribution in [0.5, 0.6) is 5.75 Å². The van der Waals surface area contributed by atoms with E-state index in [0.29, 0.717) is 18.2 Å². The zero-order valence-electron chi connectivity index (χ0n) is 12.7. The number of nitro groups is 1. The third-order valence-corrected chi connectivity index (χ3v) is 3.98. The van der Waals surface area contributed by atoms with Gasteiger partial charge < -0.3 is 16.2 Å². The number of nitro benzene ring substituents is 1. The summed E-state index contributed by atoms with van der Waals surface area (Å²) in [5.74, 6) is 0.355. The molecule has 1 aromatic rings. The molecule has 0 unspecified atom stereocenters. The Morgan fingerprint density at radius 2 is 1.83 bits per heavy atom. The largest absolute Gasteiger partial charge is 0.426 e. The van der Waals surface area contributed by atoms with Crippen LogP contribution in [-0.4, -0.2) is 23.4 Å². The summed E-state index contributed by atoms with van der Waals surface area (Å²) in [7, 11) is 0. The maximum absolute atomic E-state index is 12.1. The number of carbonyl (C=O) groups excluding carboxylic acids is 1. The van der Waals surface area contributed by atoms with Gasteiger partial charge in [-0.15, -0.1) is 0 Å². The first kappa shape index (κ1) is 16.7. The molecule has 1 fully saturated rings. The smallest absolute Gasteiger partial charge is 0.314 e. The third kappa shape index (κ3) is 4.94. The van der Waals surface area contributed by atoms with Crippen LogP contribution in [0, 0.1) is 22.0 Å². The van der Waals surface area contributed by atoms with Gasteiger partial charge in [-0.05, 0) is 43.7 Å². The number of aliphatic imine (C=N–C) groups is 1. The highest BCUT2D eigenvalue weighted by Gasteiger charge is 2.27. The van der Waals surface area contributed by atoms with E-state index in [4.69, 9.17) is 16.2 Å². The second-order valence-electron chi connectivity index (χ2n) is 5.66. The summed E-state index contributed by atoms with van der Waals surface area (Å²) in [5, 5.41) is 10.6. The average molecular weight is 320 g/mol. The molecule has 23 heavy (non-hydrogen) atoms. The van der Waals surface area contributed by atoms with Crippen molar-refractivity contribution in [1.29, 1.82) is 0 Å². The van der Waals surface area contributed by atoms with E-state index in [-0.39, 0.29) is 23.5 Å². The highest BCUT2D eigenvalue weighted by atomic mass is 16.6. The van der Waals surface area contributed by atoms with E-state index in [9.17, 15) is 14.9 Å². The summed E-state index contributed by atoms with van der Waals surface area (Å²) < 4.78 is 5.29. The monoisotopic (exact) mass is 320 g/mol. The number of esters is 1. The van der Waals surface area contributed by atoms with Crippen LogP contribution >= 0.6 is 0 Å². The summed E-state index contributed by atoms with van der Waals surface area (Å²) in [5.41, 5.74) is 10.6. The van der Waals surface area contributed by atoms with Gasteiger partial charge in [0.25, 0.3) is 5.69 Å². The Morgan fingerprint density at radius 1 is 1.22 bits per heavy atom. The van der Waals surface area contributed by atoms with E-state index < -0.39 is 4.92 Å². The Balaban J connectivity index is 1.83. The van der Waals surface area contributed by atoms with E-state index in [1.807, 2.05) is 0 Å². The number of nitrogens with zero attached hydrogens (tertiary/aromatic N) is 2. The van der Waals surface area contributed by atoms with Crippen molar-refractivity contribution in [2.45, 2.75) is 25.7 Å². The molecule has 8 nitrogen and oxygen atoms in total. The molecule has 0 heterocycles. The van der Waals surface area contributed by atoms with Crippen molar-refractivity contribution in [2.24, 2.45) is 28.3 Å². The van der Waals surface area contributed by atoms with Gasteiger partial charge in [-0.3, -0.25) is 19.9 Å². The van der Waals surface area contributed by atoms with Crippen LogP contribution < -0.4 is 16.2 Å². The zero-order valence-corrected chi connectivity index (χ0v) is 12.7. The zero-order chi connectivity index (χ0) is 16.8. The van der Waals surface area contributed by atoms with Crippen molar-refractivity contribution in [2.75, 3.05) is 6.54 Å². The van der Waals surface area contributed by atoms with Crippen molar-refractivity contribution in [3.63, 3.8) is 0 Å². The fourth-order valence-electron chi connectivity index (χ4n) is 2.65. The van der Waals surface area contributed by atoms with Gasteiger partial charge >= 0.3 is 5.97 Å². The maximum Gasteiger partial charge on any atom is 0.314 e. The van der Waals surface area contributed by atoms with E-state index in [2.05, 4.69) is 4.99 Å². The number of ether oxygens (including phenoxy) is 1. The molecule has 0 spiro atoms. The molecule has 2 rings (SSSR count). The van der Waals surface area contributed by atoms with E-state index in [0.717, 1.165) is 25.7 Å². The minimum atomic E-state index is -0.497. The van der Waals surface area contributed by atoms with Crippen LogP contribution in [0.25, 0.3) is 0 Å². The molecule has 0 atom stereocenters. The second-order valence-corrected chi connectivity index (χ2v) is 5.66. The van der Waals surface area contributed by atoms with Crippen molar-refractivity contribution >= 4 is 17.6 Å². The Labute approximate surface area is 133 Å². The highest BCUT2D eigenvalue weighted by molar-refractivity contribution is 5.76. The van der Waals surface area contributed by atoms with Crippen LogP contribution in [0.3, 0.4) is 0 Å². The van der Waals surface area contributed by atoms with Crippen molar-refractivity contribution in [3.8, 4) is 5.75 Å². The molecule has 4 N–H and O–H groups in total. The van der Waals surface area contributed by atoms with E-state index >= 15 is 0 Å². The Bertz CT molecular complexity index is 588. The van der Waals surface area contributed by atoms with E-state index in [1.165, 1.54) is 24.3 Å². The molecule has 1 saturated carbocycles. The molecule has 8 heteroatoms. The number of hydrogen-bond acceptors (Lipinski definition) is 5. The summed E-state index contributed by atoms with van der Waals surface area (Å²) in [6.45, 7) is 0.590. The fraction of sp³-hybridized carbons (Fsp3) is 0.467. The third-order valence-electron chi connectivity index (χ3n) is 3.98. The second kappa shape index (κ2) is 7.57. The van der Waals surface area contributed by atoms with Crippen molar-refractivity contribution < 1.29 is 14.5 Å². The first-order valence-electron chi connectivity index (χ1n) is 7.47. The number of nitrogens with two attached hydrogens (primary N) is 2. The first-order chi connectivity index (χ1) is 11.0.